The topological polar surface area (TPSA) is 23.6 Å². The zero-order chi connectivity index (χ0) is 16.8. The molecule has 0 unspecified atom stereocenters. The number of nitrogens with zero attached hydrogens (tertiary/aromatic N) is 2. The molecule has 0 radical (unpaired) electrons. The van der Waals surface area contributed by atoms with Gasteiger partial charge < -0.3 is 9.80 Å². The Labute approximate surface area is 144 Å². The van der Waals surface area contributed by atoms with Crippen LogP contribution in [0.2, 0.25) is 0 Å². The molecule has 0 aliphatic carbocycles. The van der Waals surface area contributed by atoms with Crippen LogP contribution in [0.4, 0.5) is 4.39 Å². The lowest BCUT2D eigenvalue weighted by Crippen LogP contribution is -2.46. The Morgan fingerprint density at radius 2 is 1.67 bits per heavy atom. The van der Waals surface area contributed by atoms with Gasteiger partial charge >= 0.3 is 0 Å². The van der Waals surface area contributed by atoms with Gasteiger partial charge in [-0.1, -0.05) is 6.42 Å². The number of rotatable bonds is 6. The highest BCUT2D eigenvalue weighted by atomic mass is 19.1. The maximum absolute atomic E-state index is 12.9. The van der Waals surface area contributed by atoms with E-state index in [0.29, 0.717) is 12.0 Å². The zero-order valence-electron chi connectivity index (χ0n) is 14.6. The summed E-state index contributed by atoms with van der Waals surface area (Å²) in [5.74, 6) is -0.165. The van der Waals surface area contributed by atoms with E-state index in [2.05, 4.69) is 9.80 Å². The van der Waals surface area contributed by atoms with Crippen LogP contribution in [-0.4, -0.2) is 54.3 Å². The number of likely N-dealkylation sites (tertiary alicyclic amines) is 2. The summed E-state index contributed by atoms with van der Waals surface area (Å²) in [5.41, 5.74) is 0.625. The van der Waals surface area contributed by atoms with Crippen LogP contribution in [0.25, 0.3) is 0 Å². The molecular weight excluding hydrogens is 303 g/mol. The van der Waals surface area contributed by atoms with E-state index in [9.17, 15) is 9.18 Å². The predicted octanol–water partition coefficient (Wildman–Crippen LogP) is 3.74. The lowest BCUT2D eigenvalue weighted by Gasteiger charge is -2.40. The summed E-state index contributed by atoms with van der Waals surface area (Å²) >= 11 is 0. The molecule has 132 valence electrons. The molecule has 4 heteroatoms. The van der Waals surface area contributed by atoms with Gasteiger partial charge in [0.25, 0.3) is 0 Å². The third-order valence-corrected chi connectivity index (χ3v) is 5.51. The van der Waals surface area contributed by atoms with Crippen molar-refractivity contribution in [2.45, 2.75) is 51.0 Å². The average molecular weight is 332 g/mol. The van der Waals surface area contributed by atoms with E-state index in [1.807, 2.05) is 0 Å². The van der Waals surface area contributed by atoms with Gasteiger partial charge in [-0.25, -0.2) is 4.39 Å². The van der Waals surface area contributed by atoms with Crippen molar-refractivity contribution >= 4 is 5.78 Å². The first-order valence-electron chi connectivity index (χ1n) is 9.47. The van der Waals surface area contributed by atoms with Crippen LogP contribution < -0.4 is 0 Å². The molecule has 24 heavy (non-hydrogen) atoms. The van der Waals surface area contributed by atoms with Crippen LogP contribution >= 0.6 is 0 Å². The minimum absolute atomic E-state index is 0.123. The van der Waals surface area contributed by atoms with E-state index in [1.165, 1.54) is 57.3 Å². The van der Waals surface area contributed by atoms with Crippen molar-refractivity contribution in [2.75, 3.05) is 32.7 Å². The average Bonchev–Trinajstić information content (AvgIpc) is 2.63. The smallest absolute Gasteiger partial charge is 0.162 e. The molecule has 0 aromatic heterocycles. The molecule has 2 heterocycles. The minimum Gasteiger partial charge on any atom is -0.303 e. The van der Waals surface area contributed by atoms with Gasteiger partial charge in [-0.2, -0.15) is 0 Å². The minimum atomic E-state index is -0.289. The zero-order valence-corrected chi connectivity index (χ0v) is 14.6. The van der Waals surface area contributed by atoms with E-state index in [4.69, 9.17) is 0 Å². The van der Waals surface area contributed by atoms with E-state index in [1.54, 1.807) is 12.1 Å². The summed E-state index contributed by atoms with van der Waals surface area (Å²) in [4.78, 5) is 17.3. The van der Waals surface area contributed by atoms with Gasteiger partial charge in [0.1, 0.15) is 5.82 Å². The van der Waals surface area contributed by atoms with Gasteiger partial charge in [-0.3, -0.25) is 4.79 Å². The number of hydrogen-bond donors (Lipinski definition) is 0. The fraction of sp³-hybridized carbons (Fsp3) is 0.650. The number of carbonyl (C=O) groups excluding carboxylic acids is 1. The summed E-state index contributed by atoms with van der Waals surface area (Å²) in [5, 5.41) is 0. The Hall–Kier alpha value is -1.26. The van der Waals surface area contributed by atoms with Crippen LogP contribution in [-0.2, 0) is 0 Å². The highest BCUT2D eigenvalue weighted by Gasteiger charge is 2.25. The monoisotopic (exact) mass is 332 g/mol. The van der Waals surface area contributed by atoms with Crippen molar-refractivity contribution in [3.05, 3.63) is 35.6 Å². The summed E-state index contributed by atoms with van der Waals surface area (Å²) in [6.45, 7) is 5.89. The second-order valence-electron chi connectivity index (χ2n) is 7.20. The second-order valence-corrected chi connectivity index (χ2v) is 7.20. The molecule has 0 spiro atoms. The molecule has 3 rings (SSSR count). The van der Waals surface area contributed by atoms with Crippen molar-refractivity contribution in [3.63, 3.8) is 0 Å². The number of carbonyl (C=O) groups is 1. The third-order valence-electron chi connectivity index (χ3n) is 5.51. The Morgan fingerprint density at radius 3 is 2.33 bits per heavy atom. The first kappa shape index (κ1) is 17.6. The van der Waals surface area contributed by atoms with Gasteiger partial charge in [-0.05, 0) is 89.1 Å². The van der Waals surface area contributed by atoms with E-state index in [-0.39, 0.29) is 11.6 Å². The highest BCUT2D eigenvalue weighted by Crippen LogP contribution is 2.21. The normalized spacial score (nSPS) is 21.0. The Kier molecular flexibility index (Phi) is 6.38. The van der Waals surface area contributed by atoms with Gasteiger partial charge in [0.2, 0.25) is 0 Å². The third kappa shape index (κ3) is 4.87. The summed E-state index contributed by atoms with van der Waals surface area (Å²) in [7, 11) is 0. The molecule has 1 aromatic rings. The number of hydrogen-bond acceptors (Lipinski definition) is 3. The molecule has 2 aliphatic heterocycles. The number of ketones is 1. The van der Waals surface area contributed by atoms with Crippen molar-refractivity contribution in [1.29, 1.82) is 0 Å². The van der Waals surface area contributed by atoms with Gasteiger partial charge in [0.15, 0.2) is 5.78 Å². The van der Waals surface area contributed by atoms with Crippen LogP contribution in [0.5, 0.6) is 0 Å². The van der Waals surface area contributed by atoms with Crippen molar-refractivity contribution in [1.82, 2.24) is 9.80 Å². The lowest BCUT2D eigenvalue weighted by atomic mass is 9.99. The molecule has 0 amide bonds. The summed E-state index contributed by atoms with van der Waals surface area (Å²) in [6.07, 6.45) is 8.12. The SMILES string of the molecule is O=C(CCCN1CCC(N2CCCCC2)CC1)c1ccc(F)cc1. The summed E-state index contributed by atoms with van der Waals surface area (Å²) < 4.78 is 12.9. The van der Waals surface area contributed by atoms with Crippen molar-refractivity contribution in [3.8, 4) is 0 Å². The fourth-order valence-corrected chi connectivity index (χ4v) is 4.03. The molecule has 3 nitrogen and oxygen atoms in total. The van der Waals surface area contributed by atoms with Crippen LogP contribution in [0.15, 0.2) is 24.3 Å². The van der Waals surface area contributed by atoms with E-state index in [0.717, 1.165) is 32.1 Å². The van der Waals surface area contributed by atoms with Gasteiger partial charge in [0, 0.05) is 18.0 Å². The molecule has 0 saturated carbocycles. The number of halogens is 1. The van der Waals surface area contributed by atoms with Crippen LogP contribution in [0.3, 0.4) is 0 Å². The molecule has 1 aromatic carbocycles. The molecule has 2 aliphatic rings. The first-order valence-corrected chi connectivity index (χ1v) is 9.47. The number of Topliss-reactive ketones (excluding diaryl/α,β-unsaturated/α-hetero) is 1. The van der Waals surface area contributed by atoms with Crippen molar-refractivity contribution < 1.29 is 9.18 Å². The first-order chi connectivity index (χ1) is 11.7. The van der Waals surface area contributed by atoms with E-state index < -0.39 is 0 Å². The number of benzene rings is 1. The summed E-state index contributed by atoms with van der Waals surface area (Å²) in [6, 6.07) is 6.67. The van der Waals surface area contributed by atoms with E-state index >= 15 is 0 Å². The fourth-order valence-electron chi connectivity index (χ4n) is 4.03. The molecular formula is C20H29FN2O. The number of piperidine rings is 2. The quantitative estimate of drug-likeness (QED) is 0.742. The second kappa shape index (κ2) is 8.72. The predicted molar refractivity (Wildman–Crippen MR) is 94.9 cm³/mol. The van der Waals surface area contributed by atoms with Gasteiger partial charge in [0.05, 0.1) is 0 Å². The standard InChI is InChI=1S/C20H29FN2O/c21-18-8-6-17(7-9-18)20(24)5-4-12-22-15-10-19(11-16-22)23-13-2-1-3-14-23/h6-9,19H,1-5,10-16H2. The largest absolute Gasteiger partial charge is 0.303 e. The Bertz CT molecular complexity index is 517. The molecule has 0 atom stereocenters. The van der Waals surface area contributed by atoms with Gasteiger partial charge in [-0.15, -0.1) is 0 Å². The Morgan fingerprint density at radius 1 is 1.00 bits per heavy atom. The highest BCUT2D eigenvalue weighted by molar-refractivity contribution is 5.95. The van der Waals surface area contributed by atoms with Crippen LogP contribution in [0.1, 0.15) is 55.3 Å². The molecule has 2 fully saturated rings. The van der Waals surface area contributed by atoms with Crippen molar-refractivity contribution in [2.24, 2.45) is 0 Å². The Balaban J connectivity index is 1.34. The molecule has 2 saturated heterocycles. The molecule has 0 N–H and O–H groups in total. The van der Waals surface area contributed by atoms with Crippen LogP contribution in [0, 0.1) is 5.82 Å². The lowest BCUT2D eigenvalue weighted by molar-refractivity contribution is 0.0886. The maximum atomic E-state index is 12.9. The maximum Gasteiger partial charge on any atom is 0.162 e. The molecule has 0 bridgehead atoms.